The maximum atomic E-state index is 13.3. The van der Waals surface area contributed by atoms with Crippen LogP contribution in [0.5, 0.6) is 0 Å². The minimum Gasteiger partial charge on any atom is -0.452 e. The molecule has 0 aromatic heterocycles. The van der Waals surface area contributed by atoms with Crippen molar-refractivity contribution < 1.29 is 43.1 Å². The molecule has 9 nitrogen and oxygen atoms in total. The number of esters is 2. The second-order valence-electron chi connectivity index (χ2n) is 11.9. The van der Waals surface area contributed by atoms with Crippen molar-refractivity contribution in [3.05, 3.63) is 23.3 Å². The second kappa shape index (κ2) is 4.68. The highest BCUT2D eigenvalue weighted by Crippen LogP contribution is 2.86. The summed E-state index contributed by atoms with van der Waals surface area (Å²) in [5.41, 5.74) is -5.14. The lowest BCUT2D eigenvalue weighted by Crippen LogP contribution is -2.77. The predicted octanol–water partition coefficient (Wildman–Crippen LogP) is 0.886. The number of ether oxygens (including phenoxy) is 6. The molecule has 5 saturated heterocycles. The molecule has 6 heterocycles. The number of carbonyl (C=O) groups is 2. The van der Waals surface area contributed by atoms with Crippen LogP contribution in [-0.4, -0.2) is 70.3 Å². The molecule has 6 aliphatic heterocycles. The Morgan fingerprint density at radius 1 is 1.12 bits per heavy atom. The molecule has 8 aliphatic rings. The molecule has 0 radical (unpaired) electrons. The molecule has 1 saturated carbocycles. The average molecular weight is 458 g/mol. The lowest BCUT2D eigenvalue weighted by molar-refractivity contribution is -0.297. The van der Waals surface area contributed by atoms with E-state index in [2.05, 4.69) is 6.92 Å². The Morgan fingerprint density at radius 3 is 2.55 bits per heavy atom. The Bertz CT molecular complexity index is 1170. The Balaban J connectivity index is 1.46. The summed E-state index contributed by atoms with van der Waals surface area (Å²) in [5, 5.41) is 12.4. The van der Waals surface area contributed by atoms with Gasteiger partial charge >= 0.3 is 11.9 Å². The van der Waals surface area contributed by atoms with Gasteiger partial charge in [-0.1, -0.05) is 6.92 Å². The van der Waals surface area contributed by atoms with Gasteiger partial charge in [0.1, 0.15) is 22.7 Å². The van der Waals surface area contributed by atoms with Crippen molar-refractivity contribution in [3.8, 4) is 0 Å². The van der Waals surface area contributed by atoms with E-state index in [1.807, 2.05) is 26.8 Å². The van der Waals surface area contributed by atoms with Crippen LogP contribution in [0, 0.1) is 16.7 Å². The minimum absolute atomic E-state index is 0.280. The number of epoxide rings is 2. The van der Waals surface area contributed by atoms with Gasteiger partial charge in [-0.05, 0) is 45.8 Å². The molecule has 0 aromatic carbocycles. The average Bonchev–Trinajstić information content (AvgIpc) is 3.61. The molecular weight excluding hydrogens is 432 g/mol. The van der Waals surface area contributed by atoms with E-state index < -0.39 is 69.5 Å². The second-order valence-corrected chi connectivity index (χ2v) is 11.9. The smallest absolute Gasteiger partial charge is 0.332 e. The van der Waals surface area contributed by atoms with Crippen molar-refractivity contribution in [2.75, 3.05) is 6.61 Å². The highest BCUT2D eigenvalue weighted by Gasteiger charge is 3.04. The van der Waals surface area contributed by atoms with Crippen LogP contribution in [0.25, 0.3) is 0 Å². The van der Waals surface area contributed by atoms with Crippen LogP contribution in [0.4, 0.5) is 0 Å². The topological polar surface area (TPSA) is 116 Å². The van der Waals surface area contributed by atoms with Crippen LogP contribution in [-0.2, 0) is 38.0 Å². The number of cyclic esters (lactones) is 1. The monoisotopic (exact) mass is 458 g/mol. The zero-order valence-electron chi connectivity index (χ0n) is 19.1. The van der Waals surface area contributed by atoms with E-state index in [4.69, 9.17) is 28.4 Å². The van der Waals surface area contributed by atoms with E-state index in [-0.39, 0.29) is 12.3 Å². The van der Waals surface area contributed by atoms with Crippen LogP contribution < -0.4 is 0 Å². The zero-order chi connectivity index (χ0) is 23.2. The van der Waals surface area contributed by atoms with E-state index >= 15 is 0 Å². The number of hydrogen-bond donors (Lipinski definition) is 1. The number of rotatable bonds is 0. The van der Waals surface area contributed by atoms with E-state index in [0.29, 0.717) is 6.61 Å². The summed E-state index contributed by atoms with van der Waals surface area (Å²) >= 11 is 0. The summed E-state index contributed by atoms with van der Waals surface area (Å²) in [6.07, 6.45) is 1.61. The first-order chi connectivity index (χ1) is 15.3. The number of aliphatic hydroxyl groups is 1. The third-order valence-corrected chi connectivity index (χ3v) is 10.3. The van der Waals surface area contributed by atoms with E-state index in [0.717, 1.165) is 11.1 Å². The van der Waals surface area contributed by atoms with Crippen LogP contribution in [0.2, 0.25) is 0 Å². The lowest BCUT2D eigenvalue weighted by atomic mass is 9.43. The molecule has 2 aliphatic carbocycles. The van der Waals surface area contributed by atoms with Gasteiger partial charge in [-0.15, -0.1) is 0 Å². The number of fused-ring (bicyclic) bond motifs is 3. The van der Waals surface area contributed by atoms with E-state index in [9.17, 15) is 14.7 Å². The van der Waals surface area contributed by atoms with Crippen LogP contribution in [0.15, 0.2) is 23.3 Å². The van der Waals surface area contributed by atoms with Crippen LogP contribution in [0.3, 0.4) is 0 Å². The largest absolute Gasteiger partial charge is 0.452 e. The standard InChI is InChI=1S/C24H26O9/c1-10-23-24(33-23)20(5)13(8-19(4)16(26)30-17(29-10)22(19,24)27)21(9-28-21)12-7-15(25)32-18(2,3)11(12)6-14(20)31-23/h6-7,10,13-14,17,27H,8-9H2,1-5H3/t10-,13-,14+,17-,19+,20-,21+,22+,23+,24-/m1/s1. The Morgan fingerprint density at radius 2 is 1.85 bits per heavy atom. The van der Waals surface area contributed by atoms with E-state index in [1.165, 1.54) is 6.08 Å². The van der Waals surface area contributed by atoms with Crippen molar-refractivity contribution >= 4 is 11.9 Å². The first kappa shape index (κ1) is 19.5. The predicted molar refractivity (Wildman–Crippen MR) is 106 cm³/mol. The van der Waals surface area contributed by atoms with Gasteiger partial charge in [0.05, 0.1) is 12.7 Å². The maximum Gasteiger partial charge on any atom is 0.332 e. The van der Waals surface area contributed by atoms with Gasteiger partial charge in [-0.25, -0.2) is 4.79 Å². The number of hydrogen-bond acceptors (Lipinski definition) is 9. The molecule has 9 heteroatoms. The van der Waals surface area contributed by atoms with Crippen molar-refractivity contribution in [1.29, 1.82) is 0 Å². The normalized spacial score (nSPS) is 62.2. The fourth-order valence-electron chi connectivity index (χ4n) is 8.64. The van der Waals surface area contributed by atoms with Gasteiger partial charge in [0.2, 0.25) is 12.1 Å². The minimum atomic E-state index is -1.73. The molecule has 176 valence electrons. The lowest BCUT2D eigenvalue weighted by Gasteiger charge is -2.58. The van der Waals surface area contributed by atoms with Gasteiger partial charge in [0.25, 0.3) is 0 Å². The van der Waals surface area contributed by atoms with Crippen molar-refractivity contribution in [2.24, 2.45) is 16.7 Å². The number of carbonyl (C=O) groups excluding carboxylic acids is 2. The summed E-state index contributed by atoms with van der Waals surface area (Å²) in [5.74, 6) is -2.44. The third-order valence-electron chi connectivity index (χ3n) is 10.3. The molecule has 0 bridgehead atoms. The van der Waals surface area contributed by atoms with E-state index in [1.54, 1.807) is 6.92 Å². The highest BCUT2D eigenvalue weighted by molar-refractivity contribution is 5.88. The van der Waals surface area contributed by atoms with Gasteiger partial charge in [-0.2, -0.15) is 0 Å². The summed E-state index contributed by atoms with van der Waals surface area (Å²) in [7, 11) is 0. The van der Waals surface area contributed by atoms with Gasteiger partial charge in [0, 0.05) is 23.0 Å². The molecule has 10 atom stereocenters. The molecule has 0 amide bonds. The molecule has 0 unspecified atom stereocenters. The molecule has 8 rings (SSSR count). The van der Waals surface area contributed by atoms with Crippen molar-refractivity contribution in [1.82, 2.24) is 0 Å². The van der Waals surface area contributed by atoms with Gasteiger partial charge < -0.3 is 33.5 Å². The molecule has 0 aromatic rings. The zero-order valence-corrected chi connectivity index (χ0v) is 19.1. The summed E-state index contributed by atoms with van der Waals surface area (Å²) in [6, 6.07) is 0. The summed E-state index contributed by atoms with van der Waals surface area (Å²) < 4.78 is 36.8. The first-order valence-corrected chi connectivity index (χ1v) is 11.6. The Kier molecular flexibility index (Phi) is 2.77. The van der Waals surface area contributed by atoms with Crippen LogP contribution in [0.1, 0.15) is 41.0 Å². The molecular formula is C24H26O9. The fraction of sp³-hybridized carbons (Fsp3) is 0.750. The first-order valence-electron chi connectivity index (χ1n) is 11.6. The van der Waals surface area contributed by atoms with Crippen LogP contribution >= 0.6 is 0 Å². The summed E-state index contributed by atoms with van der Waals surface area (Å²) in [4.78, 5) is 25.9. The van der Waals surface area contributed by atoms with Gasteiger partial charge in [0.15, 0.2) is 11.2 Å². The Labute approximate surface area is 190 Å². The van der Waals surface area contributed by atoms with Gasteiger partial charge in [-0.3, -0.25) is 4.79 Å². The molecule has 33 heavy (non-hydrogen) atoms. The summed E-state index contributed by atoms with van der Waals surface area (Å²) in [6.45, 7) is 9.72. The highest BCUT2D eigenvalue weighted by atomic mass is 16.9. The molecule has 2 spiro atoms. The molecule has 6 fully saturated rings. The fourth-order valence-corrected chi connectivity index (χ4v) is 8.64. The molecule has 1 N–H and O–H groups in total. The van der Waals surface area contributed by atoms with Crippen molar-refractivity contribution in [3.63, 3.8) is 0 Å². The quantitative estimate of drug-likeness (QED) is 0.417. The SMILES string of the molecule is C[C@H]1O[C@@H]2OC(=O)[C@]3(C)C[C@@H]4[C@]5(C)[C@H](C=C6C(=CC(=O)OC6(C)C)[C@@]46CO6)O[C@]14O[C@]45[C@]23O. The van der Waals surface area contributed by atoms with Crippen molar-refractivity contribution in [2.45, 2.75) is 87.7 Å². The maximum absolute atomic E-state index is 13.3. The third kappa shape index (κ3) is 1.51. The Hall–Kier alpha value is -1.78.